The lowest BCUT2D eigenvalue weighted by atomic mass is 9.90. The molecule has 13 nitrogen and oxygen atoms in total. The first-order valence-corrected chi connectivity index (χ1v) is 21.7. The molecule has 2 fully saturated rings. The van der Waals surface area contributed by atoms with Gasteiger partial charge in [-0.15, -0.1) is 21.5 Å². The number of aryl methyl sites for hydroxylation is 1. The number of nitrogen functional groups attached to an aromatic ring is 1. The molecule has 0 atom stereocenters. The monoisotopic (exact) mass is 834 g/mol. The van der Waals surface area contributed by atoms with Crippen LogP contribution in [0, 0.1) is 6.92 Å². The van der Waals surface area contributed by atoms with Crippen molar-refractivity contribution >= 4 is 34.6 Å². The number of alkyl carbamates (subject to hydrolysis) is 1. The van der Waals surface area contributed by atoms with E-state index in [0.29, 0.717) is 36.5 Å². The fourth-order valence-corrected chi connectivity index (χ4v) is 8.41. The Morgan fingerprint density at radius 1 is 0.983 bits per heavy atom. The molecule has 3 heterocycles. The molecule has 1 saturated heterocycles. The van der Waals surface area contributed by atoms with Gasteiger partial charge >= 0.3 is 6.09 Å². The molecule has 5 aromatic rings. The van der Waals surface area contributed by atoms with Gasteiger partial charge in [0.25, 0.3) is 0 Å². The summed E-state index contributed by atoms with van der Waals surface area (Å²) >= 11 is 1.65. The Hall–Kier alpha value is -5.44. The molecule has 14 heteroatoms. The number of methoxy groups -OCH3 is 1. The number of hydrogen-bond acceptors (Lipinski definition) is 13. The van der Waals surface area contributed by atoms with E-state index in [1.54, 1.807) is 18.4 Å². The number of nitrogens with one attached hydrogen (secondary N) is 1. The van der Waals surface area contributed by atoms with E-state index < -0.39 is 11.7 Å². The Bertz CT molecular complexity index is 2180. The molecule has 1 saturated carbocycles. The number of piperazine rings is 1. The number of carbonyl (C=O) groups is 1. The van der Waals surface area contributed by atoms with Crippen molar-refractivity contribution in [1.82, 2.24) is 25.4 Å². The molecule has 0 spiro atoms. The summed E-state index contributed by atoms with van der Waals surface area (Å²) in [5, 5.41) is 11.7. The second kappa shape index (κ2) is 19.7. The number of thiazole rings is 1. The molecule has 1 amide bonds. The predicted molar refractivity (Wildman–Crippen MR) is 239 cm³/mol. The first-order chi connectivity index (χ1) is 29.0. The Morgan fingerprint density at radius 3 is 2.47 bits per heavy atom. The summed E-state index contributed by atoms with van der Waals surface area (Å²) in [5.74, 6) is 1.97. The van der Waals surface area contributed by atoms with E-state index in [2.05, 4.69) is 84.6 Å². The minimum atomic E-state index is -0.564. The maximum absolute atomic E-state index is 12.6. The number of para-hydroxylation sites is 1. The first-order valence-electron chi connectivity index (χ1n) is 20.8. The van der Waals surface area contributed by atoms with Crippen LogP contribution in [0.1, 0.15) is 63.3 Å². The molecule has 60 heavy (non-hydrogen) atoms. The maximum Gasteiger partial charge on any atom is 0.407 e. The van der Waals surface area contributed by atoms with E-state index in [1.807, 2.05) is 56.6 Å². The lowest BCUT2D eigenvalue weighted by Crippen LogP contribution is -2.46. The number of aromatic nitrogens is 3. The predicted octanol–water partition coefficient (Wildman–Crippen LogP) is 8.32. The molecular formula is C46H58N8O5S. The van der Waals surface area contributed by atoms with Crippen molar-refractivity contribution in [3.63, 3.8) is 0 Å². The Labute approximate surface area is 357 Å². The smallest absolute Gasteiger partial charge is 0.407 e. The van der Waals surface area contributed by atoms with E-state index in [0.717, 1.165) is 98.0 Å². The van der Waals surface area contributed by atoms with Gasteiger partial charge < -0.3 is 39.8 Å². The number of rotatable bonds is 17. The number of ether oxygens (including phenoxy) is 4. The highest BCUT2D eigenvalue weighted by Gasteiger charge is 2.28. The second-order valence-corrected chi connectivity index (χ2v) is 17.3. The average molecular weight is 835 g/mol. The molecule has 0 bridgehead atoms. The molecule has 3 aromatic carbocycles. The van der Waals surface area contributed by atoms with Gasteiger partial charge in [0.05, 0.1) is 34.1 Å². The van der Waals surface area contributed by atoms with Crippen LogP contribution < -0.4 is 30.3 Å². The van der Waals surface area contributed by atoms with Gasteiger partial charge in [-0.25, -0.2) is 9.78 Å². The Morgan fingerprint density at radius 2 is 1.77 bits per heavy atom. The van der Waals surface area contributed by atoms with Crippen molar-refractivity contribution in [3.8, 4) is 33.2 Å². The number of benzene rings is 3. The largest absolute Gasteiger partial charge is 0.494 e. The SMILES string of the molecule is COCOc1ccccc1-c1cc(N2CCN(Cc3ccc(OCCCN(c4cc(-c5scnc5C)ccc4CNC(=O)OC(C)(C)C)C4CCC4)cc3)CC2)c(N)nn1. The number of anilines is 3. The second-order valence-electron chi connectivity index (χ2n) is 16.4. The lowest BCUT2D eigenvalue weighted by Gasteiger charge is -2.40. The van der Waals surface area contributed by atoms with Gasteiger partial charge in [0.1, 0.15) is 17.1 Å². The Kier molecular flexibility index (Phi) is 14.0. The van der Waals surface area contributed by atoms with Crippen LogP contribution in [0.2, 0.25) is 0 Å². The average Bonchev–Trinajstić information content (AvgIpc) is 3.66. The summed E-state index contributed by atoms with van der Waals surface area (Å²) in [6.45, 7) is 14.0. The number of carbonyl (C=O) groups excluding carboxylic acids is 1. The van der Waals surface area contributed by atoms with Crippen molar-refractivity contribution < 1.29 is 23.7 Å². The van der Waals surface area contributed by atoms with E-state index in [-0.39, 0.29) is 6.79 Å². The summed E-state index contributed by atoms with van der Waals surface area (Å²) in [7, 11) is 1.60. The van der Waals surface area contributed by atoms with Gasteiger partial charge in [0.2, 0.25) is 0 Å². The molecule has 2 aromatic heterocycles. The molecule has 1 aliphatic carbocycles. The quantitative estimate of drug-likeness (QED) is 0.0688. The van der Waals surface area contributed by atoms with Crippen LogP contribution in [-0.4, -0.2) is 91.1 Å². The van der Waals surface area contributed by atoms with E-state index >= 15 is 0 Å². The summed E-state index contributed by atoms with van der Waals surface area (Å²) in [4.78, 5) is 25.6. The zero-order chi connectivity index (χ0) is 42.1. The minimum Gasteiger partial charge on any atom is -0.494 e. The molecule has 318 valence electrons. The zero-order valence-corrected chi connectivity index (χ0v) is 36.3. The van der Waals surface area contributed by atoms with Gasteiger partial charge in [-0.1, -0.05) is 36.4 Å². The van der Waals surface area contributed by atoms with Crippen molar-refractivity contribution in [1.29, 1.82) is 0 Å². The third-order valence-corrected chi connectivity index (χ3v) is 11.9. The number of amides is 1. The molecule has 7 rings (SSSR count). The molecule has 0 radical (unpaired) electrons. The van der Waals surface area contributed by atoms with Crippen LogP contribution in [0.15, 0.2) is 78.3 Å². The highest BCUT2D eigenvalue weighted by Crippen LogP contribution is 2.37. The number of hydrogen-bond donors (Lipinski definition) is 2. The first kappa shape index (κ1) is 42.7. The van der Waals surface area contributed by atoms with Gasteiger partial charge in [-0.05, 0) is 106 Å². The molecular weight excluding hydrogens is 777 g/mol. The lowest BCUT2D eigenvalue weighted by molar-refractivity contribution is 0.0513. The van der Waals surface area contributed by atoms with Crippen molar-refractivity contribution in [2.75, 3.05) is 68.8 Å². The van der Waals surface area contributed by atoms with Crippen LogP contribution in [0.4, 0.5) is 22.0 Å². The summed E-state index contributed by atoms with van der Waals surface area (Å²) in [5.41, 5.74) is 15.7. The summed E-state index contributed by atoms with van der Waals surface area (Å²) in [6.07, 6.45) is 3.96. The maximum atomic E-state index is 12.6. The topological polar surface area (TPSA) is 140 Å². The van der Waals surface area contributed by atoms with Crippen LogP contribution >= 0.6 is 11.3 Å². The standard InChI is InChI=1S/C46H58N8O5S/c1-32-43(60-30-49-32)34-16-17-35(28-48-45(55)59-46(2,3)4)40(26-34)54(36-10-8-11-36)20-9-25-57-37-18-14-33(15-19-37)29-52-21-23-53(24-22-52)41-27-39(50-51-44(41)47)38-12-6-7-13-42(38)58-31-56-5/h6-7,12-19,26-27,30,36H,8-11,20-25,28-29,31H2,1-5H3,(H2,47,51)(H,48,55). The summed E-state index contributed by atoms with van der Waals surface area (Å²) < 4.78 is 22.7. The van der Waals surface area contributed by atoms with E-state index in [9.17, 15) is 4.79 Å². The third kappa shape index (κ3) is 11.0. The fourth-order valence-electron chi connectivity index (χ4n) is 7.60. The Balaban J connectivity index is 0.926. The van der Waals surface area contributed by atoms with Crippen LogP contribution in [0.25, 0.3) is 21.7 Å². The van der Waals surface area contributed by atoms with Gasteiger partial charge in [0, 0.05) is 70.2 Å². The number of nitrogens with two attached hydrogens (primary N) is 1. The molecule has 0 unspecified atom stereocenters. The third-order valence-electron chi connectivity index (χ3n) is 10.9. The van der Waals surface area contributed by atoms with Crippen molar-refractivity contribution in [2.24, 2.45) is 0 Å². The fraction of sp³-hybridized carbons (Fsp3) is 0.435. The number of nitrogens with zero attached hydrogens (tertiary/aromatic N) is 6. The van der Waals surface area contributed by atoms with Crippen LogP contribution in [-0.2, 0) is 22.6 Å². The van der Waals surface area contributed by atoms with E-state index in [4.69, 9.17) is 24.7 Å². The van der Waals surface area contributed by atoms with Crippen molar-refractivity contribution in [3.05, 3.63) is 95.1 Å². The highest BCUT2D eigenvalue weighted by atomic mass is 32.1. The zero-order valence-electron chi connectivity index (χ0n) is 35.5. The van der Waals surface area contributed by atoms with E-state index in [1.165, 1.54) is 16.9 Å². The molecule has 2 aliphatic rings. The van der Waals surface area contributed by atoms with Gasteiger partial charge in [-0.2, -0.15) is 0 Å². The van der Waals surface area contributed by atoms with Crippen molar-refractivity contribution in [2.45, 2.75) is 78.1 Å². The summed E-state index contributed by atoms with van der Waals surface area (Å²) in [6, 6.07) is 25.2. The van der Waals surface area contributed by atoms with Gasteiger partial charge in [-0.3, -0.25) is 4.90 Å². The van der Waals surface area contributed by atoms with Crippen LogP contribution in [0.3, 0.4) is 0 Å². The normalized spacial score (nSPS) is 14.7. The highest BCUT2D eigenvalue weighted by molar-refractivity contribution is 7.13. The minimum absolute atomic E-state index is 0.148. The molecule has 1 aliphatic heterocycles. The van der Waals surface area contributed by atoms with Crippen LogP contribution in [0.5, 0.6) is 11.5 Å². The van der Waals surface area contributed by atoms with Gasteiger partial charge in [0.15, 0.2) is 12.6 Å². The molecule has 3 N–H and O–H groups in total.